The van der Waals surface area contributed by atoms with Crippen LogP contribution in [0.25, 0.3) is 0 Å². The molecule has 0 radical (unpaired) electrons. The summed E-state index contributed by atoms with van der Waals surface area (Å²) in [6, 6.07) is 0. The van der Waals surface area contributed by atoms with E-state index in [2.05, 4.69) is 25.9 Å². The van der Waals surface area contributed by atoms with Gasteiger partial charge in [0, 0.05) is 5.41 Å². The number of carbonyl (C=O) groups is 1. The molecule has 0 amide bonds. The van der Waals surface area contributed by atoms with Crippen molar-refractivity contribution in [1.29, 1.82) is 0 Å². The van der Waals surface area contributed by atoms with E-state index in [1.54, 1.807) is 12.4 Å². The maximum absolute atomic E-state index is 11.6. The molecular weight excluding hydrogens is 244 g/mol. The summed E-state index contributed by atoms with van der Waals surface area (Å²) in [5.41, 5.74) is 0.405. The summed E-state index contributed by atoms with van der Waals surface area (Å²) >= 11 is 3.19. The quantitative estimate of drug-likeness (QED) is 0.817. The lowest BCUT2D eigenvalue weighted by Gasteiger charge is -2.15. The van der Waals surface area contributed by atoms with Crippen molar-refractivity contribution in [1.82, 2.24) is 9.97 Å². The molecule has 14 heavy (non-hydrogen) atoms. The van der Waals surface area contributed by atoms with Gasteiger partial charge in [-0.1, -0.05) is 20.8 Å². The second-order valence-corrected chi connectivity index (χ2v) is 4.99. The molecule has 0 saturated carbocycles. The molecule has 1 aromatic rings. The van der Waals surface area contributed by atoms with Crippen LogP contribution in [0.15, 0.2) is 17.0 Å². The Morgan fingerprint density at radius 3 is 2.43 bits per heavy atom. The van der Waals surface area contributed by atoms with Gasteiger partial charge in [0.25, 0.3) is 0 Å². The molecule has 0 bridgehead atoms. The van der Waals surface area contributed by atoms with Crippen LogP contribution in [0.3, 0.4) is 0 Å². The van der Waals surface area contributed by atoms with E-state index < -0.39 is 0 Å². The Morgan fingerprint density at radius 2 is 2.00 bits per heavy atom. The molecule has 1 rings (SSSR count). The highest BCUT2D eigenvalue weighted by atomic mass is 79.9. The summed E-state index contributed by atoms with van der Waals surface area (Å²) in [6.07, 6.45) is 3.57. The van der Waals surface area contributed by atoms with E-state index in [0.29, 0.717) is 16.7 Å². The van der Waals surface area contributed by atoms with Crippen molar-refractivity contribution in [3.05, 3.63) is 22.7 Å². The Labute approximate surface area is 92.1 Å². The number of halogens is 1. The molecule has 0 aliphatic heterocycles. The van der Waals surface area contributed by atoms with Crippen molar-refractivity contribution in [3.8, 4) is 0 Å². The fourth-order valence-corrected chi connectivity index (χ4v) is 1.06. The summed E-state index contributed by atoms with van der Waals surface area (Å²) in [6.45, 7) is 5.71. The maximum Gasteiger partial charge on any atom is 0.144 e. The smallest absolute Gasteiger partial charge is 0.144 e. The standard InChI is InChI=1S/C10H13BrN2O/c1-10(2,3)8(14)4-7-5-13-9(11)6-12-7/h5-6H,4H2,1-3H3. The molecule has 4 heteroatoms. The molecule has 76 valence electrons. The molecule has 1 heterocycles. The van der Waals surface area contributed by atoms with E-state index >= 15 is 0 Å². The normalized spacial score (nSPS) is 11.4. The number of hydrogen-bond donors (Lipinski definition) is 0. The summed E-state index contributed by atoms with van der Waals surface area (Å²) in [4.78, 5) is 19.8. The molecule has 0 fully saturated rings. The summed E-state index contributed by atoms with van der Waals surface area (Å²) < 4.78 is 0.685. The zero-order valence-electron chi connectivity index (χ0n) is 8.54. The van der Waals surface area contributed by atoms with Gasteiger partial charge in [-0.2, -0.15) is 0 Å². The molecule has 0 unspecified atom stereocenters. The SMILES string of the molecule is CC(C)(C)C(=O)Cc1cnc(Br)cn1. The van der Waals surface area contributed by atoms with Crippen LogP contribution < -0.4 is 0 Å². The first-order valence-electron chi connectivity index (χ1n) is 4.39. The average molecular weight is 257 g/mol. The first-order valence-corrected chi connectivity index (χ1v) is 5.18. The van der Waals surface area contributed by atoms with Crippen LogP contribution in [-0.2, 0) is 11.2 Å². The minimum Gasteiger partial charge on any atom is -0.299 e. The van der Waals surface area contributed by atoms with Crippen LogP contribution in [0.5, 0.6) is 0 Å². The molecule has 0 atom stereocenters. The van der Waals surface area contributed by atoms with E-state index in [1.165, 1.54) is 0 Å². The van der Waals surface area contributed by atoms with Crippen LogP contribution in [0.1, 0.15) is 26.5 Å². The molecule has 0 aliphatic carbocycles. The van der Waals surface area contributed by atoms with Crippen molar-refractivity contribution in [2.75, 3.05) is 0 Å². The minimum absolute atomic E-state index is 0.175. The van der Waals surface area contributed by atoms with Gasteiger partial charge in [-0.15, -0.1) is 0 Å². The monoisotopic (exact) mass is 256 g/mol. The Kier molecular flexibility index (Phi) is 3.37. The van der Waals surface area contributed by atoms with E-state index in [1.807, 2.05) is 20.8 Å². The van der Waals surface area contributed by atoms with Crippen molar-refractivity contribution in [2.24, 2.45) is 5.41 Å². The zero-order valence-corrected chi connectivity index (χ0v) is 10.1. The van der Waals surface area contributed by atoms with E-state index in [0.717, 1.165) is 0 Å². The van der Waals surface area contributed by atoms with Crippen LogP contribution in [0.4, 0.5) is 0 Å². The van der Waals surface area contributed by atoms with Gasteiger partial charge in [0.1, 0.15) is 10.4 Å². The van der Waals surface area contributed by atoms with E-state index in [9.17, 15) is 4.79 Å². The van der Waals surface area contributed by atoms with Crippen LogP contribution in [-0.4, -0.2) is 15.8 Å². The van der Waals surface area contributed by atoms with Crippen LogP contribution in [0.2, 0.25) is 0 Å². The minimum atomic E-state index is -0.311. The lowest BCUT2D eigenvalue weighted by atomic mass is 9.88. The first kappa shape index (κ1) is 11.3. The zero-order chi connectivity index (χ0) is 10.8. The second-order valence-electron chi connectivity index (χ2n) is 4.18. The number of aromatic nitrogens is 2. The number of ketones is 1. The van der Waals surface area contributed by atoms with Gasteiger partial charge in [0.15, 0.2) is 0 Å². The van der Waals surface area contributed by atoms with Gasteiger partial charge in [-0.05, 0) is 15.9 Å². The number of Topliss-reactive ketones (excluding diaryl/α,β-unsaturated/α-hetero) is 1. The molecule has 0 aromatic carbocycles. The number of nitrogens with zero attached hydrogens (tertiary/aromatic N) is 2. The molecule has 3 nitrogen and oxygen atoms in total. The van der Waals surface area contributed by atoms with Crippen molar-refractivity contribution < 1.29 is 4.79 Å². The van der Waals surface area contributed by atoms with Crippen LogP contribution >= 0.6 is 15.9 Å². The number of carbonyl (C=O) groups excluding carboxylic acids is 1. The highest BCUT2D eigenvalue weighted by Crippen LogP contribution is 2.17. The molecule has 1 aromatic heterocycles. The van der Waals surface area contributed by atoms with Gasteiger partial charge in [0.2, 0.25) is 0 Å². The third-order valence-electron chi connectivity index (χ3n) is 1.85. The Balaban J connectivity index is 2.71. The Bertz CT molecular complexity index is 327. The lowest BCUT2D eigenvalue weighted by Crippen LogP contribution is -2.22. The predicted molar refractivity (Wildman–Crippen MR) is 57.9 cm³/mol. The number of hydrogen-bond acceptors (Lipinski definition) is 3. The lowest BCUT2D eigenvalue weighted by molar-refractivity contribution is -0.125. The molecule has 0 spiro atoms. The van der Waals surface area contributed by atoms with Crippen molar-refractivity contribution in [2.45, 2.75) is 27.2 Å². The summed E-state index contributed by atoms with van der Waals surface area (Å²) in [7, 11) is 0. The van der Waals surface area contributed by atoms with E-state index in [-0.39, 0.29) is 11.2 Å². The van der Waals surface area contributed by atoms with Gasteiger partial charge in [0.05, 0.1) is 24.5 Å². The average Bonchev–Trinajstić information content (AvgIpc) is 2.07. The molecule has 0 saturated heterocycles. The second kappa shape index (κ2) is 4.17. The van der Waals surface area contributed by atoms with Crippen LogP contribution in [0, 0.1) is 5.41 Å². The third kappa shape index (κ3) is 3.18. The highest BCUT2D eigenvalue weighted by Gasteiger charge is 2.21. The molecular formula is C10H13BrN2O. The van der Waals surface area contributed by atoms with E-state index in [4.69, 9.17) is 0 Å². The fraction of sp³-hybridized carbons (Fsp3) is 0.500. The fourth-order valence-electron chi connectivity index (χ4n) is 0.860. The maximum atomic E-state index is 11.6. The molecule has 0 N–H and O–H groups in total. The molecule has 0 aliphatic rings. The van der Waals surface area contributed by atoms with Gasteiger partial charge in [-0.25, -0.2) is 4.98 Å². The van der Waals surface area contributed by atoms with Gasteiger partial charge in [-0.3, -0.25) is 9.78 Å². The highest BCUT2D eigenvalue weighted by molar-refractivity contribution is 9.10. The van der Waals surface area contributed by atoms with Gasteiger partial charge >= 0.3 is 0 Å². The van der Waals surface area contributed by atoms with Crippen molar-refractivity contribution >= 4 is 21.7 Å². The predicted octanol–water partition coefficient (Wildman–Crippen LogP) is 2.40. The summed E-state index contributed by atoms with van der Waals surface area (Å²) in [5, 5.41) is 0. The Morgan fingerprint density at radius 1 is 1.36 bits per heavy atom. The largest absolute Gasteiger partial charge is 0.299 e. The summed E-state index contributed by atoms with van der Waals surface area (Å²) in [5.74, 6) is 0.175. The topological polar surface area (TPSA) is 42.9 Å². The Hall–Kier alpha value is -0.770. The van der Waals surface area contributed by atoms with Crippen molar-refractivity contribution in [3.63, 3.8) is 0 Å². The third-order valence-corrected chi connectivity index (χ3v) is 2.26. The first-order chi connectivity index (χ1) is 6.39. The number of rotatable bonds is 2. The van der Waals surface area contributed by atoms with Gasteiger partial charge < -0.3 is 0 Å².